The Labute approximate surface area is 130 Å². The lowest BCUT2D eigenvalue weighted by atomic mass is 10.0. The molecular weight excluding hydrogens is 272 g/mol. The van der Waals surface area contributed by atoms with Crippen LogP contribution in [0, 0.1) is 6.92 Å². The molecule has 0 amide bonds. The first kappa shape index (κ1) is 14.5. The summed E-state index contributed by atoms with van der Waals surface area (Å²) in [5, 5.41) is 1.02. The van der Waals surface area contributed by atoms with Crippen molar-refractivity contribution in [3.05, 3.63) is 71.4 Å². The molecule has 3 aromatic rings. The number of para-hydroxylation sites is 1. The van der Waals surface area contributed by atoms with Crippen LogP contribution in [0.2, 0.25) is 0 Å². The van der Waals surface area contributed by atoms with E-state index in [0.717, 1.165) is 40.7 Å². The lowest BCUT2D eigenvalue weighted by molar-refractivity contribution is 0.103. The number of carbonyl (C=O) groups excluding carboxylic acids is 1. The summed E-state index contributed by atoms with van der Waals surface area (Å²) in [6.07, 6.45) is 0.901. The molecule has 0 saturated carbocycles. The first-order valence-corrected chi connectivity index (χ1v) is 7.61. The number of nitrogens with two attached hydrogens (primary N) is 1. The van der Waals surface area contributed by atoms with E-state index >= 15 is 0 Å². The van der Waals surface area contributed by atoms with Crippen LogP contribution < -0.4 is 5.73 Å². The normalized spacial score (nSPS) is 11.0. The van der Waals surface area contributed by atoms with Gasteiger partial charge in [-0.05, 0) is 26.0 Å². The fourth-order valence-electron chi connectivity index (χ4n) is 2.99. The van der Waals surface area contributed by atoms with E-state index < -0.39 is 0 Å². The van der Waals surface area contributed by atoms with Gasteiger partial charge in [0.05, 0.1) is 5.56 Å². The SMILES string of the molecule is Cc1c(C(=O)c2ccccc2)c2ccccc2n1CCCN. The molecule has 0 bridgehead atoms. The molecule has 0 aliphatic carbocycles. The van der Waals surface area contributed by atoms with Crippen LogP contribution in [0.25, 0.3) is 10.9 Å². The van der Waals surface area contributed by atoms with Gasteiger partial charge in [0.2, 0.25) is 0 Å². The van der Waals surface area contributed by atoms with Gasteiger partial charge in [0, 0.05) is 28.7 Å². The van der Waals surface area contributed by atoms with Crippen LogP contribution in [-0.4, -0.2) is 16.9 Å². The third-order valence-corrected chi connectivity index (χ3v) is 4.08. The molecule has 0 radical (unpaired) electrons. The molecule has 0 aliphatic heterocycles. The Morgan fingerprint density at radius 1 is 1.05 bits per heavy atom. The summed E-state index contributed by atoms with van der Waals surface area (Å²) in [5.74, 6) is 0.0841. The fraction of sp³-hybridized carbons (Fsp3) is 0.211. The maximum atomic E-state index is 12.9. The number of fused-ring (bicyclic) bond motifs is 1. The monoisotopic (exact) mass is 292 g/mol. The summed E-state index contributed by atoms with van der Waals surface area (Å²) < 4.78 is 2.21. The molecule has 0 unspecified atom stereocenters. The second-order valence-electron chi connectivity index (χ2n) is 5.47. The van der Waals surface area contributed by atoms with Crippen LogP contribution in [0.3, 0.4) is 0 Å². The predicted octanol–water partition coefficient (Wildman–Crippen LogP) is 3.53. The smallest absolute Gasteiger partial charge is 0.195 e. The van der Waals surface area contributed by atoms with Gasteiger partial charge in [-0.1, -0.05) is 48.5 Å². The van der Waals surface area contributed by atoms with Gasteiger partial charge in [0.25, 0.3) is 0 Å². The minimum atomic E-state index is 0.0841. The number of hydrogen-bond donors (Lipinski definition) is 1. The molecule has 0 aliphatic rings. The summed E-state index contributed by atoms with van der Waals surface area (Å²) in [6, 6.07) is 17.6. The largest absolute Gasteiger partial charge is 0.344 e. The molecule has 0 saturated heterocycles. The zero-order valence-electron chi connectivity index (χ0n) is 12.8. The van der Waals surface area contributed by atoms with Crippen molar-refractivity contribution in [2.45, 2.75) is 19.9 Å². The molecular formula is C19H20N2O. The van der Waals surface area contributed by atoms with Gasteiger partial charge in [-0.15, -0.1) is 0 Å². The zero-order valence-corrected chi connectivity index (χ0v) is 12.8. The van der Waals surface area contributed by atoms with Gasteiger partial charge in [-0.2, -0.15) is 0 Å². The molecule has 2 aromatic carbocycles. The van der Waals surface area contributed by atoms with Gasteiger partial charge in [0.1, 0.15) is 0 Å². The molecule has 3 heteroatoms. The van der Waals surface area contributed by atoms with Crippen molar-refractivity contribution in [2.75, 3.05) is 6.54 Å². The average molecular weight is 292 g/mol. The van der Waals surface area contributed by atoms with Crippen LogP contribution in [-0.2, 0) is 6.54 Å². The molecule has 0 fully saturated rings. The van der Waals surface area contributed by atoms with Crippen LogP contribution in [0.1, 0.15) is 28.0 Å². The minimum absolute atomic E-state index is 0.0841. The molecule has 22 heavy (non-hydrogen) atoms. The van der Waals surface area contributed by atoms with Gasteiger partial charge < -0.3 is 10.3 Å². The predicted molar refractivity (Wildman–Crippen MR) is 90.2 cm³/mol. The standard InChI is InChI=1S/C19H20N2O/c1-14-18(19(22)15-8-3-2-4-9-15)16-10-5-6-11-17(16)21(14)13-7-12-20/h2-6,8-11H,7,12-13,20H2,1H3. The Kier molecular flexibility index (Phi) is 4.07. The quantitative estimate of drug-likeness (QED) is 0.731. The summed E-state index contributed by atoms with van der Waals surface area (Å²) in [6.45, 7) is 3.51. The third-order valence-electron chi connectivity index (χ3n) is 4.08. The fourth-order valence-corrected chi connectivity index (χ4v) is 2.99. The van der Waals surface area contributed by atoms with E-state index in [1.807, 2.05) is 55.5 Å². The second kappa shape index (κ2) is 6.16. The van der Waals surface area contributed by atoms with Crippen LogP contribution in [0.4, 0.5) is 0 Å². The zero-order chi connectivity index (χ0) is 15.5. The Bertz CT molecular complexity index is 803. The number of aryl methyl sites for hydroxylation is 1. The second-order valence-corrected chi connectivity index (χ2v) is 5.47. The number of benzene rings is 2. The first-order chi connectivity index (χ1) is 10.7. The van der Waals surface area contributed by atoms with E-state index in [1.165, 1.54) is 0 Å². The topological polar surface area (TPSA) is 48.0 Å². The van der Waals surface area contributed by atoms with E-state index in [0.29, 0.717) is 6.54 Å². The van der Waals surface area contributed by atoms with E-state index in [9.17, 15) is 4.79 Å². The van der Waals surface area contributed by atoms with Crippen LogP contribution in [0.15, 0.2) is 54.6 Å². The number of nitrogens with zero attached hydrogens (tertiary/aromatic N) is 1. The summed E-state index contributed by atoms with van der Waals surface area (Å²) in [5.41, 5.74) is 9.30. The van der Waals surface area contributed by atoms with Crippen molar-refractivity contribution in [3.63, 3.8) is 0 Å². The maximum Gasteiger partial charge on any atom is 0.195 e. The summed E-state index contributed by atoms with van der Waals surface area (Å²) in [4.78, 5) is 12.9. The Hall–Kier alpha value is -2.39. The van der Waals surface area contributed by atoms with E-state index in [4.69, 9.17) is 5.73 Å². The Morgan fingerprint density at radius 3 is 2.45 bits per heavy atom. The van der Waals surface area contributed by atoms with Crippen molar-refractivity contribution in [3.8, 4) is 0 Å². The van der Waals surface area contributed by atoms with Crippen molar-refractivity contribution in [1.82, 2.24) is 4.57 Å². The molecule has 2 N–H and O–H groups in total. The van der Waals surface area contributed by atoms with Crippen molar-refractivity contribution in [2.24, 2.45) is 5.73 Å². The van der Waals surface area contributed by atoms with E-state index in [2.05, 4.69) is 10.6 Å². The average Bonchev–Trinajstić information content (AvgIpc) is 2.85. The summed E-state index contributed by atoms with van der Waals surface area (Å²) >= 11 is 0. The van der Waals surface area contributed by atoms with Crippen molar-refractivity contribution >= 4 is 16.7 Å². The number of carbonyl (C=O) groups is 1. The van der Waals surface area contributed by atoms with E-state index in [1.54, 1.807) is 0 Å². The minimum Gasteiger partial charge on any atom is -0.344 e. The van der Waals surface area contributed by atoms with Gasteiger partial charge in [-0.3, -0.25) is 4.79 Å². The molecule has 0 spiro atoms. The Balaban J connectivity index is 2.17. The van der Waals surface area contributed by atoms with E-state index in [-0.39, 0.29) is 5.78 Å². The number of hydrogen-bond acceptors (Lipinski definition) is 2. The highest BCUT2D eigenvalue weighted by Crippen LogP contribution is 2.28. The van der Waals surface area contributed by atoms with Crippen LogP contribution in [0.5, 0.6) is 0 Å². The highest BCUT2D eigenvalue weighted by molar-refractivity contribution is 6.17. The molecule has 1 heterocycles. The third kappa shape index (κ3) is 2.44. The maximum absolute atomic E-state index is 12.9. The first-order valence-electron chi connectivity index (χ1n) is 7.61. The summed E-state index contributed by atoms with van der Waals surface area (Å²) in [7, 11) is 0. The van der Waals surface area contributed by atoms with Crippen molar-refractivity contribution in [1.29, 1.82) is 0 Å². The molecule has 3 nitrogen and oxygen atoms in total. The molecule has 112 valence electrons. The molecule has 3 rings (SSSR count). The highest BCUT2D eigenvalue weighted by atomic mass is 16.1. The van der Waals surface area contributed by atoms with Crippen molar-refractivity contribution < 1.29 is 4.79 Å². The van der Waals surface area contributed by atoms with Gasteiger partial charge >= 0.3 is 0 Å². The molecule has 0 atom stereocenters. The lowest BCUT2D eigenvalue weighted by Gasteiger charge is -2.07. The lowest BCUT2D eigenvalue weighted by Crippen LogP contribution is -2.08. The Morgan fingerprint density at radius 2 is 1.73 bits per heavy atom. The number of rotatable bonds is 5. The highest BCUT2D eigenvalue weighted by Gasteiger charge is 2.20. The van der Waals surface area contributed by atoms with Gasteiger partial charge in [0.15, 0.2) is 5.78 Å². The van der Waals surface area contributed by atoms with Gasteiger partial charge in [-0.25, -0.2) is 0 Å². The molecule has 1 aromatic heterocycles. The van der Waals surface area contributed by atoms with Crippen LogP contribution >= 0.6 is 0 Å². The number of ketones is 1. The number of aromatic nitrogens is 1.